The molecule has 2 fully saturated rings. The number of carbonyl (C=O) groups excluding carboxylic acids is 1. The number of rotatable bonds is 3. The summed E-state index contributed by atoms with van der Waals surface area (Å²) >= 11 is 0. The van der Waals surface area contributed by atoms with Gasteiger partial charge in [-0.3, -0.25) is 9.69 Å². The molecule has 3 aliphatic rings. The van der Waals surface area contributed by atoms with Crippen LogP contribution in [0.3, 0.4) is 0 Å². The van der Waals surface area contributed by atoms with E-state index >= 15 is 0 Å². The van der Waals surface area contributed by atoms with E-state index in [4.69, 9.17) is 0 Å². The number of hydrogen-bond acceptors (Lipinski definition) is 3. The summed E-state index contributed by atoms with van der Waals surface area (Å²) in [6.45, 7) is 11.0. The molecule has 4 heteroatoms. The molecule has 5 rings (SSSR count). The summed E-state index contributed by atoms with van der Waals surface area (Å²) in [5, 5.41) is 10.6. The number of phenols is 1. The molecule has 2 bridgehead atoms. The lowest BCUT2D eigenvalue weighted by atomic mass is 9.51. The molecule has 170 valence electrons. The minimum absolute atomic E-state index is 0.0565. The van der Waals surface area contributed by atoms with E-state index in [-0.39, 0.29) is 22.8 Å². The smallest absolute Gasteiger partial charge is 0.254 e. The van der Waals surface area contributed by atoms with Gasteiger partial charge < -0.3 is 10.0 Å². The number of hydrogen-bond donors (Lipinski definition) is 1. The average molecular weight is 433 g/mol. The highest BCUT2D eigenvalue weighted by molar-refractivity contribution is 5.94. The molecule has 1 N–H and O–H groups in total. The van der Waals surface area contributed by atoms with Crippen LogP contribution in [0.2, 0.25) is 0 Å². The molecule has 1 amide bonds. The second-order valence-electron chi connectivity index (χ2n) is 10.9. The van der Waals surface area contributed by atoms with Gasteiger partial charge in [-0.05, 0) is 79.1 Å². The molecule has 0 spiro atoms. The molecule has 32 heavy (non-hydrogen) atoms. The van der Waals surface area contributed by atoms with E-state index in [0.29, 0.717) is 12.2 Å². The van der Waals surface area contributed by atoms with Gasteiger partial charge in [0.05, 0.1) is 0 Å². The Kier molecular flexibility index (Phi) is 5.32. The molecule has 0 saturated carbocycles. The first kappa shape index (κ1) is 21.5. The Labute approximate surface area is 192 Å². The summed E-state index contributed by atoms with van der Waals surface area (Å²) in [6, 6.07) is 14.3. The van der Waals surface area contributed by atoms with Crippen molar-refractivity contribution < 1.29 is 9.90 Å². The van der Waals surface area contributed by atoms with Gasteiger partial charge in [0.15, 0.2) is 0 Å². The molecule has 2 saturated heterocycles. The zero-order valence-electron chi connectivity index (χ0n) is 19.7. The van der Waals surface area contributed by atoms with Gasteiger partial charge in [0.1, 0.15) is 5.75 Å². The summed E-state index contributed by atoms with van der Waals surface area (Å²) in [5.74, 6) is 0.485. The normalized spacial score (nSPS) is 27.1. The van der Waals surface area contributed by atoms with E-state index in [1.807, 2.05) is 18.2 Å². The molecule has 2 aromatic rings. The molecule has 0 radical (unpaired) electrons. The third-order valence-corrected chi connectivity index (χ3v) is 8.94. The van der Waals surface area contributed by atoms with Gasteiger partial charge >= 0.3 is 0 Å². The van der Waals surface area contributed by atoms with E-state index < -0.39 is 0 Å². The zero-order valence-corrected chi connectivity index (χ0v) is 19.7. The Morgan fingerprint density at radius 3 is 2.44 bits per heavy atom. The van der Waals surface area contributed by atoms with E-state index in [0.717, 1.165) is 30.6 Å². The Morgan fingerprint density at radius 1 is 1.00 bits per heavy atom. The van der Waals surface area contributed by atoms with Crippen molar-refractivity contribution in [2.45, 2.75) is 70.9 Å². The minimum Gasteiger partial charge on any atom is -0.508 e. The first-order chi connectivity index (χ1) is 15.3. The number of benzene rings is 2. The number of carbonyl (C=O) groups is 1. The fourth-order valence-electron chi connectivity index (χ4n) is 6.46. The maximum Gasteiger partial charge on any atom is 0.254 e. The van der Waals surface area contributed by atoms with Crippen molar-refractivity contribution in [3.05, 3.63) is 64.7 Å². The maximum atomic E-state index is 13.6. The number of aromatic hydroxyl groups is 1. The fraction of sp³-hybridized carbons (Fsp3) is 0.536. The SMILES string of the molecule is CC1(C)[C@H]2Cc3c(O)cccc3[C@]1(C)CCN2C(=O)c1ccc(CN2CCCCC2)cc1. The Bertz CT molecular complexity index is 1010. The van der Waals surface area contributed by atoms with Crippen LogP contribution in [0.15, 0.2) is 42.5 Å². The second-order valence-corrected chi connectivity index (χ2v) is 10.9. The largest absolute Gasteiger partial charge is 0.508 e. The van der Waals surface area contributed by atoms with Gasteiger partial charge in [-0.2, -0.15) is 0 Å². The van der Waals surface area contributed by atoms with Crippen molar-refractivity contribution in [1.29, 1.82) is 0 Å². The van der Waals surface area contributed by atoms with Crippen molar-refractivity contribution in [3.8, 4) is 5.75 Å². The van der Waals surface area contributed by atoms with Crippen molar-refractivity contribution >= 4 is 5.91 Å². The predicted octanol–water partition coefficient (Wildman–Crippen LogP) is 5.13. The molecule has 0 unspecified atom stereocenters. The standard InChI is InChI=1S/C28H36N2O2/c1-27(2)25-18-22-23(8-7-9-24(22)31)28(27,3)14-17-30(25)26(32)21-12-10-20(11-13-21)19-29-15-5-4-6-16-29/h7-13,25,31H,4-6,14-19H2,1-3H3/t25-,28+/m1/s1. The lowest BCUT2D eigenvalue weighted by Crippen LogP contribution is -2.64. The van der Waals surface area contributed by atoms with E-state index in [9.17, 15) is 9.90 Å². The number of phenolic OH excluding ortho intramolecular Hbond substituents is 1. The Morgan fingerprint density at radius 2 is 1.72 bits per heavy atom. The molecule has 0 aromatic heterocycles. The Hall–Kier alpha value is -2.33. The summed E-state index contributed by atoms with van der Waals surface area (Å²) in [4.78, 5) is 18.2. The van der Waals surface area contributed by atoms with Gasteiger partial charge in [0.2, 0.25) is 0 Å². The molecular weight excluding hydrogens is 396 g/mol. The molecular formula is C28H36N2O2. The predicted molar refractivity (Wildman–Crippen MR) is 128 cm³/mol. The van der Waals surface area contributed by atoms with E-state index in [1.165, 1.54) is 43.5 Å². The van der Waals surface area contributed by atoms with Crippen LogP contribution in [0.5, 0.6) is 5.75 Å². The maximum absolute atomic E-state index is 13.6. The topological polar surface area (TPSA) is 43.8 Å². The highest BCUT2D eigenvalue weighted by atomic mass is 16.3. The van der Waals surface area contributed by atoms with Crippen LogP contribution in [0.1, 0.15) is 73.5 Å². The van der Waals surface area contributed by atoms with Gasteiger partial charge in [0.25, 0.3) is 5.91 Å². The molecule has 4 nitrogen and oxygen atoms in total. The molecule has 2 atom stereocenters. The Balaban J connectivity index is 1.39. The van der Waals surface area contributed by atoms with Crippen molar-refractivity contribution in [3.63, 3.8) is 0 Å². The number of amides is 1. The lowest BCUT2D eigenvalue weighted by molar-refractivity contribution is -0.0266. The van der Waals surface area contributed by atoms with E-state index in [1.54, 1.807) is 6.07 Å². The van der Waals surface area contributed by atoms with Crippen molar-refractivity contribution in [2.24, 2.45) is 5.41 Å². The number of nitrogens with zero attached hydrogens (tertiary/aromatic N) is 2. The quantitative estimate of drug-likeness (QED) is 0.731. The molecule has 1 aliphatic carbocycles. The highest BCUT2D eigenvalue weighted by Gasteiger charge is 2.57. The summed E-state index contributed by atoms with van der Waals surface area (Å²) in [7, 11) is 0. The highest BCUT2D eigenvalue weighted by Crippen LogP contribution is 2.57. The van der Waals surface area contributed by atoms with Crippen molar-refractivity contribution in [1.82, 2.24) is 9.80 Å². The van der Waals surface area contributed by atoms with Gasteiger partial charge in [-0.25, -0.2) is 0 Å². The molecule has 2 aliphatic heterocycles. The van der Waals surface area contributed by atoms with Crippen LogP contribution in [-0.4, -0.2) is 46.5 Å². The first-order valence-electron chi connectivity index (χ1n) is 12.2. The van der Waals surface area contributed by atoms with Crippen LogP contribution in [0, 0.1) is 5.41 Å². The van der Waals surface area contributed by atoms with Crippen LogP contribution < -0.4 is 0 Å². The van der Waals surface area contributed by atoms with E-state index in [2.05, 4.69) is 48.8 Å². The monoisotopic (exact) mass is 432 g/mol. The van der Waals surface area contributed by atoms with Crippen LogP contribution in [0.25, 0.3) is 0 Å². The summed E-state index contributed by atoms with van der Waals surface area (Å²) < 4.78 is 0. The summed E-state index contributed by atoms with van der Waals surface area (Å²) in [6.07, 6.45) is 5.55. The fourth-order valence-corrected chi connectivity index (χ4v) is 6.46. The second kappa shape index (κ2) is 7.91. The molecule has 2 heterocycles. The third kappa shape index (κ3) is 3.35. The van der Waals surface area contributed by atoms with Gasteiger partial charge in [0, 0.05) is 30.1 Å². The van der Waals surface area contributed by atoms with Crippen LogP contribution in [0.4, 0.5) is 0 Å². The lowest BCUT2D eigenvalue weighted by Gasteiger charge is -2.60. The number of piperidine rings is 2. The van der Waals surface area contributed by atoms with Crippen LogP contribution in [-0.2, 0) is 18.4 Å². The minimum atomic E-state index is -0.0735. The summed E-state index contributed by atoms with van der Waals surface area (Å²) in [5.41, 5.74) is 4.21. The number of fused-ring (bicyclic) bond motifs is 4. The molecule has 2 aromatic carbocycles. The number of likely N-dealkylation sites (tertiary alicyclic amines) is 2. The van der Waals surface area contributed by atoms with Crippen LogP contribution >= 0.6 is 0 Å². The zero-order chi connectivity index (χ0) is 22.5. The third-order valence-electron chi connectivity index (χ3n) is 8.94. The first-order valence-corrected chi connectivity index (χ1v) is 12.2. The average Bonchev–Trinajstić information content (AvgIpc) is 2.78. The van der Waals surface area contributed by atoms with Gasteiger partial charge in [-0.1, -0.05) is 51.5 Å². The van der Waals surface area contributed by atoms with Crippen molar-refractivity contribution in [2.75, 3.05) is 19.6 Å². The van der Waals surface area contributed by atoms with Gasteiger partial charge in [-0.15, -0.1) is 0 Å².